The van der Waals surface area contributed by atoms with Gasteiger partial charge in [0.15, 0.2) is 5.78 Å². The third kappa shape index (κ3) is 18.2. The Morgan fingerprint density at radius 2 is 1.77 bits per heavy atom. The summed E-state index contributed by atoms with van der Waals surface area (Å²) in [5.74, 6) is 0.215. The highest BCUT2D eigenvalue weighted by Gasteiger charge is 2.10. The molecule has 0 saturated carbocycles. The fraction of sp³-hybridized carbons (Fsp3) is 0.517. The number of carbonyl (C=O) groups excluding carboxylic acids is 1. The number of allylic oxidation sites excluding steroid dienone is 4. The van der Waals surface area contributed by atoms with Gasteiger partial charge in [0.25, 0.3) is 0 Å². The quantitative estimate of drug-likeness (QED) is 0.221. The van der Waals surface area contributed by atoms with Gasteiger partial charge >= 0.3 is 0 Å². The maximum Gasteiger partial charge on any atom is 0.159 e. The lowest BCUT2D eigenvalue weighted by atomic mass is 10.0. The summed E-state index contributed by atoms with van der Waals surface area (Å²) in [6, 6.07) is 6.64. The van der Waals surface area contributed by atoms with Crippen LogP contribution >= 0.6 is 0 Å². The zero-order chi connectivity index (χ0) is 28.0. The van der Waals surface area contributed by atoms with Crippen LogP contribution < -0.4 is 5.73 Å². The van der Waals surface area contributed by atoms with Crippen LogP contribution in [-0.2, 0) is 4.79 Å². The first-order valence-electron chi connectivity index (χ1n) is 11.9. The molecule has 0 radical (unpaired) electrons. The molecule has 0 heterocycles. The van der Waals surface area contributed by atoms with Crippen molar-refractivity contribution in [1.29, 1.82) is 5.26 Å². The van der Waals surface area contributed by atoms with Gasteiger partial charge in [0.1, 0.15) is 11.9 Å². The SMILES string of the molecule is C/C=C(\C=C(\c1ccc(C#N)c(F)c1)N(C)C)C(C)=O.C=CC.CCC(N)CCCC(C)C.CF. The lowest BCUT2D eigenvalue weighted by Gasteiger charge is -2.18. The summed E-state index contributed by atoms with van der Waals surface area (Å²) >= 11 is 0. The van der Waals surface area contributed by atoms with Crippen molar-refractivity contribution in [2.45, 2.75) is 73.3 Å². The Morgan fingerprint density at radius 3 is 2.11 bits per heavy atom. The Balaban J connectivity index is -0.000000572. The van der Waals surface area contributed by atoms with Gasteiger partial charge in [-0.15, -0.1) is 6.58 Å². The number of hydrogen-bond acceptors (Lipinski definition) is 4. The highest BCUT2D eigenvalue weighted by atomic mass is 19.1. The molecule has 0 aliphatic heterocycles. The minimum absolute atomic E-state index is 0.00433. The van der Waals surface area contributed by atoms with Crippen LogP contribution in [0.4, 0.5) is 8.78 Å². The van der Waals surface area contributed by atoms with Crippen LogP contribution in [0.5, 0.6) is 0 Å². The number of rotatable bonds is 9. The highest BCUT2D eigenvalue weighted by molar-refractivity contribution is 5.97. The van der Waals surface area contributed by atoms with E-state index in [1.54, 1.807) is 42.2 Å². The molecule has 35 heavy (non-hydrogen) atoms. The lowest BCUT2D eigenvalue weighted by molar-refractivity contribution is -0.113. The monoisotopic (exact) mass is 491 g/mol. The molecule has 1 rings (SSSR count). The first kappa shape index (κ1) is 36.8. The molecule has 198 valence electrons. The molecule has 0 aliphatic rings. The molecular formula is C29H47F2N3O. The summed E-state index contributed by atoms with van der Waals surface area (Å²) in [5.41, 5.74) is 7.64. The highest BCUT2D eigenvalue weighted by Crippen LogP contribution is 2.21. The second-order valence-corrected chi connectivity index (χ2v) is 8.43. The number of Topliss-reactive ketones (excluding diaryl/α,β-unsaturated/α-hetero) is 1. The summed E-state index contributed by atoms with van der Waals surface area (Å²) in [5, 5.41) is 8.74. The standard InChI is InChI=1S/C16H17FN2O.C9H21N.C3H6.CH3F/c1-5-12(11(2)20)9-16(19(3)4)13-6-7-14(10-18)15(17)8-13;1-4-9(10)7-5-6-8(2)3;1-3-2;1-2/h5-9H,1-4H3;8-9H,4-7,10H2,1-3H3;3H,1H2,2H3;1H3/b12-5+,16-9-;;;. The van der Waals surface area contributed by atoms with Gasteiger partial charge in [-0.1, -0.05) is 51.8 Å². The normalized spacial score (nSPS) is 11.4. The first-order chi connectivity index (χ1) is 16.5. The minimum Gasteiger partial charge on any atom is -0.377 e. The van der Waals surface area contributed by atoms with E-state index in [-0.39, 0.29) is 11.3 Å². The maximum absolute atomic E-state index is 13.7. The van der Waals surface area contributed by atoms with Crippen molar-refractivity contribution in [3.63, 3.8) is 0 Å². The first-order valence-corrected chi connectivity index (χ1v) is 11.9. The fourth-order valence-electron chi connectivity index (χ4n) is 2.76. The van der Waals surface area contributed by atoms with E-state index in [1.165, 1.54) is 38.3 Å². The van der Waals surface area contributed by atoms with E-state index in [1.807, 2.05) is 21.0 Å². The molecule has 0 fully saturated rings. The van der Waals surface area contributed by atoms with Crippen molar-refractivity contribution in [2.24, 2.45) is 11.7 Å². The van der Waals surface area contributed by atoms with E-state index in [0.717, 1.165) is 12.3 Å². The van der Waals surface area contributed by atoms with Crippen LogP contribution in [0.25, 0.3) is 5.70 Å². The smallest absolute Gasteiger partial charge is 0.159 e. The molecule has 0 spiro atoms. The Kier molecular flexibility index (Phi) is 24.2. The van der Waals surface area contributed by atoms with Crippen molar-refractivity contribution in [2.75, 3.05) is 21.3 Å². The van der Waals surface area contributed by atoms with Crippen LogP contribution in [0, 0.1) is 23.1 Å². The van der Waals surface area contributed by atoms with Crippen LogP contribution in [0.2, 0.25) is 0 Å². The molecule has 0 bridgehead atoms. The third-order valence-electron chi connectivity index (χ3n) is 4.76. The molecule has 1 unspecified atom stereocenters. The average Bonchev–Trinajstić information content (AvgIpc) is 2.81. The van der Waals surface area contributed by atoms with Gasteiger partial charge in [-0.3, -0.25) is 9.18 Å². The predicted octanol–water partition coefficient (Wildman–Crippen LogP) is 7.46. The van der Waals surface area contributed by atoms with Crippen molar-refractivity contribution in [3.8, 4) is 6.07 Å². The van der Waals surface area contributed by atoms with Gasteiger partial charge in [-0.05, 0) is 57.7 Å². The predicted molar refractivity (Wildman–Crippen MR) is 147 cm³/mol. The summed E-state index contributed by atoms with van der Waals surface area (Å²) < 4.78 is 23.2. The van der Waals surface area contributed by atoms with Gasteiger partial charge in [0, 0.05) is 37.0 Å². The molecule has 6 heteroatoms. The summed E-state index contributed by atoms with van der Waals surface area (Å²) in [7, 11) is 4.13. The number of ketones is 1. The molecule has 2 N–H and O–H groups in total. The van der Waals surface area contributed by atoms with Crippen LogP contribution in [0.1, 0.15) is 78.4 Å². The Labute approximate surface area is 213 Å². The van der Waals surface area contributed by atoms with Gasteiger partial charge in [0.05, 0.1) is 12.7 Å². The van der Waals surface area contributed by atoms with Crippen molar-refractivity contribution in [3.05, 3.63) is 65.5 Å². The van der Waals surface area contributed by atoms with E-state index < -0.39 is 5.82 Å². The lowest BCUT2D eigenvalue weighted by Crippen LogP contribution is -2.18. The van der Waals surface area contributed by atoms with E-state index in [0.29, 0.717) is 30.1 Å². The summed E-state index contributed by atoms with van der Waals surface area (Å²) in [6.07, 6.45) is 10.1. The van der Waals surface area contributed by atoms with Gasteiger partial charge in [0.2, 0.25) is 0 Å². The molecule has 1 atom stereocenters. The van der Waals surface area contributed by atoms with Gasteiger partial charge in [-0.2, -0.15) is 5.26 Å². The molecule has 1 aromatic rings. The fourth-order valence-corrected chi connectivity index (χ4v) is 2.76. The average molecular weight is 492 g/mol. The van der Waals surface area contributed by atoms with Crippen LogP contribution in [-0.4, -0.2) is 38.0 Å². The Morgan fingerprint density at radius 1 is 1.23 bits per heavy atom. The molecular weight excluding hydrogens is 444 g/mol. The van der Waals surface area contributed by atoms with Crippen LogP contribution in [0.15, 0.2) is 48.6 Å². The van der Waals surface area contributed by atoms with Crippen molar-refractivity contribution < 1.29 is 13.6 Å². The number of hydrogen-bond donors (Lipinski definition) is 1. The number of alkyl halides is 1. The maximum atomic E-state index is 13.7. The Hall–Kier alpha value is -2.78. The summed E-state index contributed by atoms with van der Waals surface area (Å²) in [6.45, 7) is 15.2. The number of benzene rings is 1. The van der Waals surface area contributed by atoms with Crippen LogP contribution in [0.3, 0.4) is 0 Å². The van der Waals surface area contributed by atoms with Crippen molar-refractivity contribution in [1.82, 2.24) is 4.90 Å². The van der Waals surface area contributed by atoms with E-state index >= 15 is 0 Å². The molecule has 0 aromatic heterocycles. The Bertz CT molecular complexity index is 822. The van der Waals surface area contributed by atoms with Gasteiger partial charge < -0.3 is 10.6 Å². The minimum atomic E-state index is -0.567. The molecule has 0 amide bonds. The number of nitriles is 1. The van der Waals surface area contributed by atoms with E-state index in [4.69, 9.17) is 11.0 Å². The zero-order valence-corrected chi connectivity index (χ0v) is 23.3. The molecule has 0 aliphatic carbocycles. The number of nitrogens with zero attached hydrogens (tertiary/aromatic N) is 2. The molecule has 1 aromatic carbocycles. The third-order valence-corrected chi connectivity index (χ3v) is 4.76. The zero-order valence-electron chi connectivity index (χ0n) is 23.3. The number of nitrogens with two attached hydrogens (primary N) is 1. The van der Waals surface area contributed by atoms with Gasteiger partial charge in [-0.25, -0.2) is 4.39 Å². The number of halogens is 2. The summed E-state index contributed by atoms with van der Waals surface area (Å²) in [4.78, 5) is 13.3. The largest absolute Gasteiger partial charge is 0.377 e. The van der Waals surface area contributed by atoms with E-state index in [9.17, 15) is 13.6 Å². The second kappa shape index (κ2) is 23.0. The van der Waals surface area contributed by atoms with Crippen molar-refractivity contribution >= 4 is 11.5 Å². The van der Waals surface area contributed by atoms with E-state index in [2.05, 4.69) is 27.4 Å². The number of carbonyl (C=O) groups is 1. The molecule has 4 nitrogen and oxygen atoms in total. The second-order valence-electron chi connectivity index (χ2n) is 8.43. The molecule has 0 saturated heterocycles. The topological polar surface area (TPSA) is 70.1 Å².